The number of benzene rings is 5. The molecule has 6 rings (SSSR count). The number of fused-ring (bicyclic) bond motifs is 3. The van der Waals surface area contributed by atoms with Crippen LogP contribution in [0.2, 0.25) is 0 Å². The minimum atomic E-state index is 1.13. The lowest BCUT2D eigenvalue weighted by Crippen LogP contribution is -2.09. The highest BCUT2D eigenvalue weighted by Crippen LogP contribution is 2.37. The summed E-state index contributed by atoms with van der Waals surface area (Å²) in [7, 11) is 0. The summed E-state index contributed by atoms with van der Waals surface area (Å²) in [5, 5.41) is 2.51. The second kappa shape index (κ2) is 8.66. The van der Waals surface area contributed by atoms with Gasteiger partial charge in [-0.3, -0.25) is 0 Å². The molecule has 0 atom stereocenters. The minimum Gasteiger partial charge on any atom is -0.317 e. The normalized spacial score (nSPS) is 11.1. The fraction of sp³-hybridized carbons (Fsp3) is 0.0303. The molecule has 35 heavy (non-hydrogen) atoms. The quantitative estimate of drug-likeness (QED) is 0.254. The number of nitrogens with zero attached hydrogens (tertiary/aromatic N) is 2. The number of aryl methyl sites for hydroxylation is 1. The molecule has 2 nitrogen and oxygen atoms in total. The van der Waals surface area contributed by atoms with E-state index in [1.807, 2.05) is 6.20 Å². The van der Waals surface area contributed by atoms with Gasteiger partial charge < -0.3 is 9.47 Å². The van der Waals surface area contributed by atoms with Crippen LogP contribution in [0.3, 0.4) is 0 Å². The van der Waals surface area contributed by atoms with Crippen LogP contribution < -0.4 is 4.90 Å². The second-order valence-electron chi connectivity index (χ2n) is 8.86. The molecule has 0 aliphatic heterocycles. The molecule has 0 amide bonds. The fourth-order valence-corrected chi connectivity index (χ4v) is 4.95. The van der Waals surface area contributed by atoms with E-state index in [1.165, 1.54) is 38.5 Å². The minimum absolute atomic E-state index is 1.13. The molecule has 0 unspecified atom stereocenters. The molecule has 0 aliphatic carbocycles. The lowest BCUT2D eigenvalue weighted by Gasteiger charge is -2.25. The van der Waals surface area contributed by atoms with Crippen LogP contribution in [0.1, 0.15) is 5.56 Å². The number of rotatable bonds is 5. The van der Waals surface area contributed by atoms with Gasteiger partial charge in [0.15, 0.2) is 0 Å². The van der Waals surface area contributed by atoms with Crippen molar-refractivity contribution in [3.8, 4) is 11.1 Å². The third-order valence-corrected chi connectivity index (χ3v) is 6.63. The van der Waals surface area contributed by atoms with E-state index in [2.05, 4.69) is 144 Å². The Kier molecular flexibility index (Phi) is 5.20. The maximum absolute atomic E-state index is 4.04. The largest absolute Gasteiger partial charge is 0.317 e. The highest BCUT2D eigenvalue weighted by molar-refractivity contribution is 6.10. The van der Waals surface area contributed by atoms with E-state index in [9.17, 15) is 0 Å². The predicted octanol–water partition coefficient (Wildman–Crippen LogP) is 9.34. The van der Waals surface area contributed by atoms with Crippen LogP contribution >= 0.6 is 0 Å². The summed E-state index contributed by atoms with van der Waals surface area (Å²) in [6, 6.07) is 43.2. The second-order valence-corrected chi connectivity index (χ2v) is 8.86. The predicted molar refractivity (Wildman–Crippen MR) is 151 cm³/mol. The van der Waals surface area contributed by atoms with Gasteiger partial charge in [-0.1, -0.05) is 72.8 Å². The van der Waals surface area contributed by atoms with Gasteiger partial charge in [0.2, 0.25) is 0 Å². The van der Waals surface area contributed by atoms with E-state index in [4.69, 9.17) is 0 Å². The molecular weight excluding hydrogens is 424 g/mol. The molecule has 0 N–H and O–H groups in total. The molecule has 1 aromatic heterocycles. The van der Waals surface area contributed by atoms with E-state index < -0.39 is 0 Å². The van der Waals surface area contributed by atoms with Gasteiger partial charge in [0, 0.05) is 34.0 Å². The Hall–Kier alpha value is -4.56. The summed E-state index contributed by atoms with van der Waals surface area (Å²) in [6.07, 6.45) is 1.90. The molecule has 0 radical (unpaired) electrons. The molecule has 0 fully saturated rings. The van der Waals surface area contributed by atoms with Crippen LogP contribution in [0, 0.1) is 6.92 Å². The Balaban J connectivity index is 1.44. The van der Waals surface area contributed by atoms with Crippen molar-refractivity contribution in [2.24, 2.45) is 0 Å². The van der Waals surface area contributed by atoms with Gasteiger partial charge in [0.1, 0.15) is 0 Å². The van der Waals surface area contributed by atoms with E-state index in [1.54, 1.807) is 0 Å². The van der Waals surface area contributed by atoms with Gasteiger partial charge in [-0.05, 0) is 78.7 Å². The van der Waals surface area contributed by atoms with Gasteiger partial charge in [-0.25, -0.2) is 0 Å². The summed E-state index contributed by atoms with van der Waals surface area (Å²) in [5.41, 5.74) is 9.45. The highest BCUT2D eigenvalue weighted by Gasteiger charge is 2.13. The molecular formula is C33H26N2. The van der Waals surface area contributed by atoms with E-state index >= 15 is 0 Å². The molecule has 0 spiro atoms. The number of hydrogen-bond donors (Lipinski definition) is 0. The number of para-hydroxylation sites is 2. The van der Waals surface area contributed by atoms with E-state index in [0.29, 0.717) is 0 Å². The average Bonchev–Trinajstić information content (AvgIpc) is 3.22. The van der Waals surface area contributed by atoms with Crippen molar-refractivity contribution in [1.29, 1.82) is 0 Å². The molecule has 0 saturated carbocycles. The first-order valence-electron chi connectivity index (χ1n) is 11.9. The average molecular weight is 451 g/mol. The number of aromatic nitrogens is 1. The zero-order valence-electron chi connectivity index (χ0n) is 19.7. The van der Waals surface area contributed by atoms with Crippen molar-refractivity contribution in [1.82, 2.24) is 4.57 Å². The van der Waals surface area contributed by atoms with Crippen LogP contribution in [0.4, 0.5) is 17.1 Å². The van der Waals surface area contributed by atoms with Crippen molar-refractivity contribution in [2.75, 3.05) is 4.90 Å². The monoisotopic (exact) mass is 450 g/mol. The lowest BCUT2D eigenvalue weighted by molar-refractivity contribution is 1.28. The molecule has 168 valence electrons. The first-order chi connectivity index (χ1) is 17.2. The van der Waals surface area contributed by atoms with Crippen LogP contribution in [0.15, 0.2) is 128 Å². The number of anilines is 3. The van der Waals surface area contributed by atoms with Gasteiger partial charge in [0.05, 0.1) is 11.0 Å². The SMILES string of the molecule is C=Cn1c2ccc(C)cc2c2cc(-c3ccc(N(c4ccccc4)c4ccccc4)cc3)ccc21. The molecule has 1 heterocycles. The standard InChI is InChI=1S/C33H26N2/c1-3-34-32-20-14-24(2)22-30(32)31-23-26(17-21-33(31)34)25-15-18-29(19-16-25)35(27-10-6-4-7-11-27)28-12-8-5-9-13-28/h3-23H,1H2,2H3. The summed E-state index contributed by atoms with van der Waals surface area (Å²) in [5.74, 6) is 0. The summed E-state index contributed by atoms with van der Waals surface area (Å²) in [6.45, 7) is 6.18. The van der Waals surface area contributed by atoms with Gasteiger partial charge in [-0.2, -0.15) is 0 Å². The van der Waals surface area contributed by atoms with Crippen LogP contribution in [-0.2, 0) is 0 Å². The molecule has 5 aromatic carbocycles. The lowest BCUT2D eigenvalue weighted by atomic mass is 10.0. The molecule has 0 aliphatic rings. The topological polar surface area (TPSA) is 8.17 Å². The summed E-state index contributed by atoms with van der Waals surface area (Å²) in [4.78, 5) is 2.29. The third kappa shape index (κ3) is 3.70. The zero-order valence-corrected chi connectivity index (χ0v) is 19.7. The summed E-state index contributed by atoms with van der Waals surface area (Å²) < 4.78 is 2.18. The first-order valence-corrected chi connectivity index (χ1v) is 11.9. The van der Waals surface area contributed by atoms with E-state index in [0.717, 1.165) is 17.1 Å². The Morgan fingerprint density at radius 1 is 0.571 bits per heavy atom. The third-order valence-electron chi connectivity index (χ3n) is 6.63. The van der Waals surface area contributed by atoms with Crippen molar-refractivity contribution < 1.29 is 0 Å². The van der Waals surface area contributed by atoms with Crippen molar-refractivity contribution in [3.05, 3.63) is 133 Å². The van der Waals surface area contributed by atoms with E-state index in [-0.39, 0.29) is 0 Å². The van der Waals surface area contributed by atoms with Crippen molar-refractivity contribution >= 4 is 45.1 Å². The van der Waals surface area contributed by atoms with Gasteiger partial charge >= 0.3 is 0 Å². The van der Waals surface area contributed by atoms with Gasteiger partial charge in [-0.15, -0.1) is 0 Å². The fourth-order valence-electron chi connectivity index (χ4n) is 4.95. The summed E-state index contributed by atoms with van der Waals surface area (Å²) >= 11 is 0. The Morgan fingerprint density at radius 2 is 1.09 bits per heavy atom. The van der Waals surface area contributed by atoms with Gasteiger partial charge in [0.25, 0.3) is 0 Å². The maximum Gasteiger partial charge on any atom is 0.0535 e. The van der Waals surface area contributed by atoms with Crippen LogP contribution in [0.25, 0.3) is 39.1 Å². The highest BCUT2D eigenvalue weighted by atomic mass is 15.1. The Labute approximate surface area is 206 Å². The van der Waals surface area contributed by atoms with Crippen LogP contribution in [0.5, 0.6) is 0 Å². The number of hydrogen-bond acceptors (Lipinski definition) is 1. The zero-order chi connectivity index (χ0) is 23.8. The Bertz CT molecular complexity index is 1600. The molecule has 2 heteroatoms. The van der Waals surface area contributed by atoms with Crippen molar-refractivity contribution in [3.63, 3.8) is 0 Å². The van der Waals surface area contributed by atoms with Crippen molar-refractivity contribution in [2.45, 2.75) is 6.92 Å². The molecule has 0 saturated heterocycles. The molecule has 0 bridgehead atoms. The smallest absolute Gasteiger partial charge is 0.0535 e. The molecule has 6 aromatic rings. The maximum atomic E-state index is 4.04. The Morgan fingerprint density at radius 3 is 1.69 bits per heavy atom. The first kappa shape index (κ1) is 21.0. The van der Waals surface area contributed by atoms with Crippen LogP contribution in [-0.4, -0.2) is 4.57 Å².